The number of hydrogen-bond acceptors (Lipinski definition) is 10. The standard InChI is InChI=1S/C37H46FN7O5/c1-36(2,3)49-34(46)42-26-13-17-44(18-14-26)28-12-9-24(21-39-28)31-29(23-7-10-25(38)11-8-23)30-32(40-22-41-33(30)48-31)45-19-15-27(16-20-45)43-35(47)50-37(4,5)6/h7-12,21-22,26-27H,13-20H2,1-6H3,(H,42,46)(H,43,47). The van der Waals surface area contributed by atoms with Crippen LogP contribution in [0.25, 0.3) is 33.6 Å². The number of carbonyl (C=O) groups is 2. The highest BCUT2D eigenvalue weighted by atomic mass is 19.1. The molecule has 0 aliphatic carbocycles. The molecular formula is C37H46FN7O5. The van der Waals surface area contributed by atoms with Crippen LogP contribution in [0.4, 0.5) is 25.6 Å². The van der Waals surface area contributed by atoms with E-state index >= 15 is 0 Å². The summed E-state index contributed by atoms with van der Waals surface area (Å²) in [7, 11) is 0. The summed E-state index contributed by atoms with van der Waals surface area (Å²) in [5.41, 5.74) is 1.58. The van der Waals surface area contributed by atoms with Gasteiger partial charge in [-0.15, -0.1) is 0 Å². The number of alkyl carbamates (subject to hydrolysis) is 2. The van der Waals surface area contributed by atoms with E-state index in [-0.39, 0.29) is 17.9 Å². The Morgan fingerprint density at radius 3 is 1.82 bits per heavy atom. The van der Waals surface area contributed by atoms with E-state index < -0.39 is 23.4 Å². The Morgan fingerprint density at radius 2 is 1.30 bits per heavy atom. The fourth-order valence-electron chi connectivity index (χ4n) is 6.40. The minimum atomic E-state index is -0.567. The molecule has 0 unspecified atom stereocenters. The zero-order valence-electron chi connectivity index (χ0n) is 29.6. The third kappa shape index (κ3) is 8.43. The Hall–Kier alpha value is -4.94. The van der Waals surface area contributed by atoms with Crippen LogP contribution in [0.15, 0.2) is 53.3 Å². The summed E-state index contributed by atoms with van der Waals surface area (Å²) < 4.78 is 31.4. The molecule has 0 atom stereocenters. The van der Waals surface area contributed by atoms with Gasteiger partial charge in [0.05, 0.1) is 5.39 Å². The van der Waals surface area contributed by atoms with E-state index in [1.807, 2.05) is 53.7 Å². The first-order valence-electron chi connectivity index (χ1n) is 17.2. The topological polar surface area (TPSA) is 135 Å². The molecule has 2 N–H and O–H groups in total. The number of ether oxygens (including phenoxy) is 2. The molecule has 13 heteroatoms. The summed E-state index contributed by atoms with van der Waals surface area (Å²) in [6, 6.07) is 10.3. The highest BCUT2D eigenvalue weighted by Crippen LogP contribution is 2.44. The predicted molar refractivity (Wildman–Crippen MR) is 190 cm³/mol. The lowest BCUT2D eigenvalue weighted by Crippen LogP contribution is -2.46. The SMILES string of the molecule is CC(C)(C)OC(=O)NC1CCN(c2ccc(-c3oc4ncnc(N5CCC(NC(=O)OC(C)(C)C)CC5)c4c3-c3ccc(F)cc3)cn2)CC1. The molecule has 0 bridgehead atoms. The molecule has 50 heavy (non-hydrogen) atoms. The first kappa shape index (κ1) is 34.9. The maximum absolute atomic E-state index is 14.1. The van der Waals surface area contributed by atoms with Crippen LogP contribution in [0.2, 0.25) is 0 Å². The second kappa shape index (κ2) is 14.1. The Labute approximate surface area is 291 Å². The first-order valence-corrected chi connectivity index (χ1v) is 17.2. The predicted octanol–water partition coefficient (Wildman–Crippen LogP) is 7.08. The van der Waals surface area contributed by atoms with Gasteiger partial charge in [0.25, 0.3) is 0 Å². The molecule has 0 saturated carbocycles. The van der Waals surface area contributed by atoms with Crippen molar-refractivity contribution < 1.29 is 27.9 Å². The zero-order valence-corrected chi connectivity index (χ0v) is 29.6. The minimum Gasteiger partial charge on any atom is -0.444 e. The van der Waals surface area contributed by atoms with Gasteiger partial charge in [0.1, 0.15) is 40.7 Å². The number of fused-ring (bicyclic) bond motifs is 1. The van der Waals surface area contributed by atoms with Gasteiger partial charge in [0, 0.05) is 55.6 Å². The molecule has 6 rings (SSSR count). The van der Waals surface area contributed by atoms with Gasteiger partial charge in [-0.2, -0.15) is 0 Å². The number of anilines is 2. The third-order valence-corrected chi connectivity index (χ3v) is 8.67. The van der Waals surface area contributed by atoms with Gasteiger partial charge in [-0.3, -0.25) is 0 Å². The van der Waals surface area contributed by atoms with Gasteiger partial charge in [0.2, 0.25) is 5.71 Å². The number of carbonyl (C=O) groups excluding carboxylic acids is 2. The number of amides is 2. The summed E-state index contributed by atoms with van der Waals surface area (Å²) in [6.45, 7) is 13.9. The van der Waals surface area contributed by atoms with E-state index in [2.05, 4.69) is 25.4 Å². The number of hydrogen-bond donors (Lipinski definition) is 2. The Bertz CT molecular complexity index is 1800. The number of nitrogens with one attached hydrogen (secondary N) is 2. The monoisotopic (exact) mass is 687 g/mol. The highest BCUT2D eigenvalue weighted by Gasteiger charge is 2.29. The second-order valence-electron chi connectivity index (χ2n) is 14.9. The number of halogens is 1. The largest absolute Gasteiger partial charge is 0.444 e. The summed E-state index contributed by atoms with van der Waals surface area (Å²) in [5, 5.41) is 6.70. The molecule has 3 aromatic heterocycles. The van der Waals surface area contributed by atoms with Gasteiger partial charge in [-0.1, -0.05) is 12.1 Å². The molecule has 2 amide bonds. The van der Waals surface area contributed by atoms with E-state index in [1.54, 1.807) is 18.3 Å². The van der Waals surface area contributed by atoms with Crippen molar-refractivity contribution in [2.75, 3.05) is 36.0 Å². The van der Waals surface area contributed by atoms with Crippen molar-refractivity contribution in [1.82, 2.24) is 25.6 Å². The van der Waals surface area contributed by atoms with Crippen LogP contribution in [0.3, 0.4) is 0 Å². The van der Waals surface area contributed by atoms with E-state index in [4.69, 9.17) is 23.9 Å². The van der Waals surface area contributed by atoms with Crippen LogP contribution < -0.4 is 20.4 Å². The van der Waals surface area contributed by atoms with Crippen molar-refractivity contribution in [3.63, 3.8) is 0 Å². The molecule has 1 aromatic carbocycles. The number of nitrogens with zero attached hydrogens (tertiary/aromatic N) is 5. The van der Waals surface area contributed by atoms with Crippen LogP contribution in [0.1, 0.15) is 67.2 Å². The molecule has 2 fully saturated rings. The second-order valence-corrected chi connectivity index (χ2v) is 14.9. The first-order chi connectivity index (χ1) is 23.7. The third-order valence-electron chi connectivity index (χ3n) is 8.67. The van der Waals surface area contributed by atoms with Crippen LogP contribution in [0, 0.1) is 5.82 Å². The van der Waals surface area contributed by atoms with Crippen LogP contribution in [-0.2, 0) is 9.47 Å². The van der Waals surface area contributed by atoms with Crippen LogP contribution >= 0.6 is 0 Å². The number of benzene rings is 1. The van der Waals surface area contributed by atoms with E-state index in [0.29, 0.717) is 43.2 Å². The minimum absolute atomic E-state index is 0.0217. The fraction of sp³-hybridized carbons (Fsp3) is 0.486. The quantitative estimate of drug-likeness (QED) is 0.217. The maximum atomic E-state index is 14.1. The molecule has 4 aromatic rings. The van der Waals surface area contributed by atoms with E-state index in [0.717, 1.165) is 53.8 Å². The lowest BCUT2D eigenvalue weighted by molar-refractivity contribution is 0.0485. The van der Waals surface area contributed by atoms with Crippen molar-refractivity contribution in [3.05, 3.63) is 54.7 Å². The highest BCUT2D eigenvalue weighted by molar-refractivity contribution is 6.06. The molecule has 2 saturated heterocycles. The summed E-state index contributed by atoms with van der Waals surface area (Å²) in [4.78, 5) is 43.0. The average molecular weight is 688 g/mol. The molecule has 12 nitrogen and oxygen atoms in total. The van der Waals surface area contributed by atoms with Crippen molar-refractivity contribution in [2.45, 2.75) is 90.5 Å². The molecule has 5 heterocycles. The zero-order chi connectivity index (χ0) is 35.6. The van der Waals surface area contributed by atoms with Gasteiger partial charge >= 0.3 is 12.2 Å². The van der Waals surface area contributed by atoms with Crippen LogP contribution in [-0.4, -0.2) is 76.6 Å². The van der Waals surface area contributed by atoms with E-state index in [1.165, 1.54) is 18.5 Å². The summed E-state index contributed by atoms with van der Waals surface area (Å²) >= 11 is 0. The summed E-state index contributed by atoms with van der Waals surface area (Å²) in [6.07, 6.45) is 5.43. The lowest BCUT2D eigenvalue weighted by atomic mass is 9.99. The number of aromatic nitrogens is 3. The smallest absolute Gasteiger partial charge is 0.407 e. The lowest BCUT2D eigenvalue weighted by Gasteiger charge is -2.33. The molecule has 2 aliphatic rings. The Morgan fingerprint density at radius 1 is 0.760 bits per heavy atom. The molecule has 0 radical (unpaired) electrons. The number of pyridine rings is 1. The van der Waals surface area contributed by atoms with Crippen molar-refractivity contribution >= 4 is 34.9 Å². The average Bonchev–Trinajstić information content (AvgIpc) is 3.44. The van der Waals surface area contributed by atoms with Gasteiger partial charge in [-0.25, -0.2) is 28.9 Å². The Balaban J connectivity index is 1.22. The number of rotatable bonds is 6. The van der Waals surface area contributed by atoms with E-state index in [9.17, 15) is 14.0 Å². The van der Waals surface area contributed by atoms with Gasteiger partial charge in [-0.05, 0) is 97.1 Å². The number of piperidine rings is 2. The molecule has 2 aliphatic heterocycles. The van der Waals surface area contributed by atoms with Gasteiger partial charge < -0.3 is 34.3 Å². The Kier molecular flexibility index (Phi) is 9.86. The van der Waals surface area contributed by atoms with Crippen molar-refractivity contribution in [2.24, 2.45) is 0 Å². The normalized spacial score (nSPS) is 16.4. The van der Waals surface area contributed by atoms with Crippen molar-refractivity contribution in [1.29, 1.82) is 0 Å². The maximum Gasteiger partial charge on any atom is 0.407 e. The fourth-order valence-corrected chi connectivity index (χ4v) is 6.40. The molecule has 266 valence electrons. The van der Waals surface area contributed by atoms with Crippen molar-refractivity contribution in [3.8, 4) is 22.5 Å². The van der Waals surface area contributed by atoms with Gasteiger partial charge in [0.15, 0.2) is 0 Å². The molecule has 0 spiro atoms. The van der Waals surface area contributed by atoms with Crippen LogP contribution in [0.5, 0.6) is 0 Å². The molecular weight excluding hydrogens is 641 g/mol. The number of furan rings is 1. The summed E-state index contributed by atoms with van der Waals surface area (Å²) in [5.74, 6) is 1.77.